The van der Waals surface area contributed by atoms with Crippen LogP contribution in [0.4, 0.5) is 0 Å². The lowest BCUT2D eigenvalue weighted by molar-refractivity contribution is 0.317. The molecule has 2 N–H and O–H groups in total. The third-order valence-corrected chi connectivity index (χ3v) is 3.43. The van der Waals surface area contributed by atoms with Crippen LogP contribution in [0, 0.1) is 6.92 Å². The molecular formula is C17H25N3O. The van der Waals surface area contributed by atoms with E-state index in [2.05, 4.69) is 47.6 Å². The number of ether oxygens (including phenoxy) is 1. The van der Waals surface area contributed by atoms with E-state index < -0.39 is 0 Å². The Bertz CT molecular complexity index is 536. The molecular weight excluding hydrogens is 262 g/mol. The Morgan fingerprint density at radius 1 is 1.33 bits per heavy atom. The first-order valence-electron chi connectivity index (χ1n) is 7.71. The third-order valence-electron chi connectivity index (χ3n) is 3.43. The first-order valence-corrected chi connectivity index (χ1v) is 7.71. The molecule has 0 unspecified atom stereocenters. The Kier molecular flexibility index (Phi) is 6.28. The fourth-order valence-electron chi connectivity index (χ4n) is 2.23. The molecule has 4 heteroatoms. The van der Waals surface area contributed by atoms with Gasteiger partial charge in [-0.3, -0.25) is 5.10 Å². The highest BCUT2D eigenvalue weighted by atomic mass is 16.5. The standard InChI is InChI=1S/C17H25N3O/c1-3-10-21-17-8-4-6-15(11-17)12-18-9-5-7-16-13-19-20-14(16)2/h4,6,8,11,13,18H,3,5,7,9-10,12H2,1-2H3,(H,19,20). The van der Waals surface area contributed by atoms with Gasteiger partial charge in [-0.15, -0.1) is 0 Å². The molecule has 0 aliphatic heterocycles. The normalized spacial score (nSPS) is 10.8. The maximum Gasteiger partial charge on any atom is 0.119 e. The summed E-state index contributed by atoms with van der Waals surface area (Å²) in [5.41, 5.74) is 3.76. The highest BCUT2D eigenvalue weighted by molar-refractivity contribution is 5.28. The van der Waals surface area contributed by atoms with Crippen LogP contribution < -0.4 is 10.1 Å². The smallest absolute Gasteiger partial charge is 0.119 e. The zero-order valence-corrected chi connectivity index (χ0v) is 13.0. The summed E-state index contributed by atoms with van der Waals surface area (Å²) in [6.45, 7) is 6.85. The minimum absolute atomic E-state index is 0.779. The van der Waals surface area contributed by atoms with Crippen molar-refractivity contribution in [3.05, 3.63) is 47.3 Å². The summed E-state index contributed by atoms with van der Waals surface area (Å²) in [4.78, 5) is 0. The predicted molar refractivity (Wildman–Crippen MR) is 85.6 cm³/mol. The van der Waals surface area contributed by atoms with E-state index in [1.165, 1.54) is 16.8 Å². The SMILES string of the molecule is CCCOc1cccc(CNCCCc2cn[nH]c2C)c1. The first-order chi connectivity index (χ1) is 10.3. The number of aryl methyl sites for hydroxylation is 2. The predicted octanol–water partition coefficient (Wildman–Crippen LogP) is 3.23. The van der Waals surface area contributed by atoms with E-state index in [4.69, 9.17) is 4.74 Å². The number of hydrogen-bond acceptors (Lipinski definition) is 3. The van der Waals surface area contributed by atoms with Gasteiger partial charge in [0.15, 0.2) is 0 Å². The largest absolute Gasteiger partial charge is 0.494 e. The van der Waals surface area contributed by atoms with Crippen molar-refractivity contribution in [1.82, 2.24) is 15.5 Å². The van der Waals surface area contributed by atoms with E-state index in [-0.39, 0.29) is 0 Å². The maximum atomic E-state index is 5.65. The van der Waals surface area contributed by atoms with Crippen molar-refractivity contribution >= 4 is 0 Å². The number of H-pyrrole nitrogens is 1. The molecule has 4 nitrogen and oxygen atoms in total. The van der Waals surface area contributed by atoms with E-state index in [0.717, 1.165) is 44.7 Å². The van der Waals surface area contributed by atoms with Gasteiger partial charge in [-0.1, -0.05) is 19.1 Å². The zero-order chi connectivity index (χ0) is 14.9. The molecule has 0 saturated heterocycles. The second-order valence-corrected chi connectivity index (χ2v) is 5.30. The lowest BCUT2D eigenvalue weighted by Gasteiger charge is -2.08. The van der Waals surface area contributed by atoms with Gasteiger partial charge < -0.3 is 10.1 Å². The van der Waals surface area contributed by atoms with Gasteiger partial charge in [0.25, 0.3) is 0 Å². The molecule has 114 valence electrons. The van der Waals surface area contributed by atoms with Crippen LogP contribution in [0.15, 0.2) is 30.5 Å². The highest BCUT2D eigenvalue weighted by Crippen LogP contribution is 2.13. The lowest BCUT2D eigenvalue weighted by Crippen LogP contribution is -2.15. The van der Waals surface area contributed by atoms with Crippen molar-refractivity contribution in [1.29, 1.82) is 0 Å². The molecule has 21 heavy (non-hydrogen) atoms. The van der Waals surface area contributed by atoms with Crippen molar-refractivity contribution < 1.29 is 4.74 Å². The fourth-order valence-corrected chi connectivity index (χ4v) is 2.23. The average Bonchev–Trinajstić information content (AvgIpc) is 2.91. The minimum Gasteiger partial charge on any atom is -0.494 e. The quantitative estimate of drug-likeness (QED) is 0.696. The molecule has 0 radical (unpaired) electrons. The van der Waals surface area contributed by atoms with Gasteiger partial charge >= 0.3 is 0 Å². The van der Waals surface area contributed by atoms with Crippen molar-refractivity contribution in [3.63, 3.8) is 0 Å². The zero-order valence-electron chi connectivity index (χ0n) is 13.0. The van der Waals surface area contributed by atoms with Gasteiger partial charge in [-0.25, -0.2) is 0 Å². The van der Waals surface area contributed by atoms with Crippen LogP contribution in [0.25, 0.3) is 0 Å². The highest BCUT2D eigenvalue weighted by Gasteiger charge is 2.00. The first kappa shape index (κ1) is 15.6. The Morgan fingerprint density at radius 2 is 2.24 bits per heavy atom. The van der Waals surface area contributed by atoms with Crippen LogP contribution in [0.5, 0.6) is 5.75 Å². The van der Waals surface area contributed by atoms with Crippen LogP contribution >= 0.6 is 0 Å². The Labute approximate surface area is 126 Å². The Morgan fingerprint density at radius 3 is 3.00 bits per heavy atom. The second kappa shape index (κ2) is 8.47. The Balaban J connectivity index is 1.67. The van der Waals surface area contributed by atoms with E-state index in [1.54, 1.807) is 0 Å². The second-order valence-electron chi connectivity index (χ2n) is 5.30. The van der Waals surface area contributed by atoms with Crippen LogP contribution in [0.3, 0.4) is 0 Å². The molecule has 0 fully saturated rings. The van der Waals surface area contributed by atoms with Gasteiger partial charge in [0.05, 0.1) is 12.8 Å². The molecule has 1 aromatic carbocycles. The van der Waals surface area contributed by atoms with Crippen molar-refractivity contribution in [2.45, 2.75) is 39.7 Å². The number of aromatic nitrogens is 2. The van der Waals surface area contributed by atoms with E-state index >= 15 is 0 Å². The number of rotatable bonds is 9. The van der Waals surface area contributed by atoms with Crippen LogP contribution in [0.1, 0.15) is 36.6 Å². The molecule has 0 aliphatic rings. The molecule has 1 aromatic heterocycles. The molecule has 0 saturated carbocycles. The molecule has 0 atom stereocenters. The molecule has 0 spiro atoms. The van der Waals surface area contributed by atoms with Gasteiger partial charge in [0.2, 0.25) is 0 Å². The molecule has 0 bridgehead atoms. The number of aromatic amines is 1. The summed E-state index contributed by atoms with van der Waals surface area (Å²) in [6, 6.07) is 8.31. The summed E-state index contributed by atoms with van der Waals surface area (Å²) in [5, 5.41) is 10.5. The monoisotopic (exact) mass is 287 g/mol. The molecule has 2 aromatic rings. The van der Waals surface area contributed by atoms with Crippen LogP contribution in [-0.2, 0) is 13.0 Å². The van der Waals surface area contributed by atoms with E-state index in [0.29, 0.717) is 0 Å². The lowest BCUT2D eigenvalue weighted by atomic mass is 10.1. The summed E-state index contributed by atoms with van der Waals surface area (Å²) < 4.78 is 5.65. The number of nitrogens with one attached hydrogen (secondary N) is 2. The number of hydrogen-bond donors (Lipinski definition) is 2. The van der Waals surface area contributed by atoms with Crippen molar-refractivity contribution in [2.24, 2.45) is 0 Å². The average molecular weight is 287 g/mol. The third kappa shape index (κ3) is 5.23. The van der Waals surface area contributed by atoms with Crippen LogP contribution in [-0.4, -0.2) is 23.3 Å². The summed E-state index contributed by atoms with van der Waals surface area (Å²) in [6.07, 6.45) is 5.14. The van der Waals surface area contributed by atoms with Gasteiger partial charge in [-0.2, -0.15) is 5.10 Å². The molecule has 0 amide bonds. The summed E-state index contributed by atoms with van der Waals surface area (Å²) >= 11 is 0. The Hall–Kier alpha value is -1.81. The maximum absolute atomic E-state index is 5.65. The molecule has 1 heterocycles. The van der Waals surface area contributed by atoms with Gasteiger partial charge in [-0.05, 0) is 56.0 Å². The van der Waals surface area contributed by atoms with Gasteiger partial charge in [0.1, 0.15) is 5.75 Å². The minimum atomic E-state index is 0.779. The number of benzene rings is 1. The fraction of sp³-hybridized carbons (Fsp3) is 0.471. The van der Waals surface area contributed by atoms with Crippen molar-refractivity contribution in [2.75, 3.05) is 13.2 Å². The number of nitrogens with zero attached hydrogens (tertiary/aromatic N) is 1. The van der Waals surface area contributed by atoms with Gasteiger partial charge in [0, 0.05) is 12.2 Å². The summed E-state index contributed by atoms with van der Waals surface area (Å²) in [7, 11) is 0. The summed E-state index contributed by atoms with van der Waals surface area (Å²) in [5.74, 6) is 0.963. The van der Waals surface area contributed by atoms with E-state index in [9.17, 15) is 0 Å². The van der Waals surface area contributed by atoms with Crippen molar-refractivity contribution in [3.8, 4) is 5.75 Å². The molecule has 0 aliphatic carbocycles. The molecule has 2 rings (SSSR count). The van der Waals surface area contributed by atoms with Crippen LogP contribution in [0.2, 0.25) is 0 Å². The van der Waals surface area contributed by atoms with E-state index in [1.807, 2.05) is 12.3 Å². The topological polar surface area (TPSA) is 49.9 Å².